The lowest BCUT2D eigenvalue weighted by Gasteiger charge is -2.32. The topological polar surface area (TPSA) is 69.0 Å². The zero-order chi connectivity index (χ0) is 16.3. The second-order valence-corrected chi connectivity index (χ2v) is 6.14. The van der Waals surface area contributed by atoms with Crippen LogP contribution in [0.5, 0.6) is 0 Å². The molecule has 0 unspecified atom stereocenters. The number of nitrogens with one attached hydrogen (secondary N) is 1. The second-order valence-electron chi connectivity index (χ2n) is 6.14. The van der Waals surface area contributed by atoms with Crippen molar-refractivity contribution >= 4 is 5.91 Å². The van der Waals surface area contributed by atoms with E-state index in [4.69, 9.17) is 4.74 Å². The molecule has 1 saturated heterocycles. The SMILES string of the molecule is Cn1cccc1C(=O)NCc1cnc([C@]2(C)CCCCO2)nc1. The zero-order valence-electron chi connectivity index (χ0n) is 13.6. The molecule has 2 aromatic rings. The fourth-order valence-corrected chi connectivity index (χ4v) is 2.80. The number of aryl methyl sites for hydroxylation is 1. The first-order chi connectivity index (χ1) is 11.1. The van der Waals surface area contributed by atoms with Gasteiger partial charge in [0.15, 0.2) is 5.82 Å². The Labute approximate surface area is 135 Å². The Balaban J connectivity index is 1.61. The van der Waals surface area contributed by atoms with Gasteiger partial charge in [0, 0.05) is 44.4 Å². The van der Waals surface area contributed by atoms with Gasteiger partial charge in [0.2, 0.25) is 0 Å². The monoisotopic (exact) mass is 314 g/mol. The number of carbonyl (C=O) groups excluding carboxylic acids is 1. The highest BCUT2D eigenvalue weighted by Gasteiger charge is 2.32. The molecule has 23 heavy (non-hydrogen) atoms. The maximum atomic E-state index is 12.1. The molecule has 2 aromatic heterocycles. The molecular formula is C17H22N4O2. The molecule has 3 heterocycles. The van der Waals surface area contributed by atoms with Crippen LogP contribution in [0.15, 0.2) is 30.7 Å². The third-order valence-electron chi connectivity index (χ3n) is 4.28. The molecule has 0 saturated carbocycles. The predicted octanol–water partition coefficient (Wildman–Crippen LogP) is 2.16. The Morgan fingerprint density at radius 1 is 1.39 bits per heavy atom. The largest absolute Gasteiger partial charge is 0.367 e. The Kier molecular flexibility index (Phi) is 4.43. The van der Waals surface area contributed by atoms with Gasteiger partial charge in [-0.1, -0.05) is 0 Å². The van der Waals surface area contributed by atoms with Crippen LogP contribution < -0.4 is 5.32 Å². The van der Waals surface area contributed by atoms with E-state index in [0.717, 1.165) is 37.3 Å². The summed E-state index contributed by atoms with van der Waals surface area (Å²) >= 11 is 0. The van der Waals surface area contributed by atoms with Crippen molar-refractivity contribution in [3.05, 3.63) is 47.8 Å². The number of carbonyl (C=O) groups is 1. The molecule has 1 amide bonds. The Hall–Kier alpha value is -2.21. The lowest BCUT2D eigenvalue weighted by atomic mass is 9.95. The average Bonchev–Trinajstić information content (AvgIpc) is 3.00. The second kappa shape index (κ2) is 6.50. The fraction of sp³-hybridized carbons (Fsp3) is 0.471. The molecule has 0 aliphatic carbocycles. The quantitative estimate of drug-likeness (QED) is 0.939. The number of ether oxygens (including phenoxy) is 1. The van der Waals surface area contributed by atoms with E-state index in [2.05, 4.69) is 15.3 Å². The van der Waals surface area contributed by atoms with Crippen molar-refractivity contribution in [2.75, 3.05) is 6.61 Å². The van der Waals surface area contributed by atoms with E-state index in [1.165, 1.54) is 0 Å². The smallest absolute Gasteiger partial charge is 0.268 e. The van der Waals surface area contributed by atoms with E-state index in [-0.39, 0.29) is 11.5 Å². The van der Waals surface area contributed by atoms with Crippen molar-refractivity contribution < 1.29 is 9.53 Å². The number of hydrogen-bond acceptors (Lipinski definition) is 4. The third kappa shape index (κ3) is 3.42. The summed E-state index contributed by atoms with van der Waals surface area (Å²) in [6.45, 7) is 3.20. The van der Waals surface area contributed by atoms with Gasteiger partial charge in [-0.05, 0) is 38.3 Å². The number of nitrogens with zero attached hydrogens (tertiary/aromatic N) is 3. The van der Waals surface area contributed by atoms with Crippen molar-refractivity contribution in [1.29, 1.82) is 0 Å². The normalized spacial score (nSPS) is 21.1. The molecule has 1 fully saturated rings. The minimum atomic E-state index is -0.386. The summed E-state index contributed by atoms with van der Waals surface area (Å²) in [5.41, 5.74) is 1.12. The van der Waals surface area contributed by atoms with Crippen LogP contribution >= 0.6 is 0 Å². The molecule has 6 heteroatoms. The highest BCUT2D eigenvalue weighted by molar-refractivity contribution is 5.92. The summed E-state index contributed by atoms with van der Waals surface area (Å²) in [5, 5.41) is 2.88. The maximum Gasteiger partial charge on any atom is 0.268 e. The molecule has 0 spiro atoms. The van der Waals surface area contributed by atoms with Gasteiger partial charge in [0.05, 0.1) is 0 Å². The lowest BCUT2D eigenvalue weighted by Crippen LogP contribution is -2.32. The lowest BCUT2D eigenvalue weighted by molar-refractivity contribution is -0.0760. The number of rotatable bonds is 4. The standard InChI is InChI=1S/C17H22N4O2/c1-17(7-3-4-9-23-17)16-19-11-13(12-20-16)10-18-15(22)14-6-5-8-21(14)2/h5-6,8,11-12H,3-4,7,9-10H2,1-2H3,(H,18,22)/t17-/m0/s1. The van der Waals surface area contributed by atoms with Gasteiger partial charge in [-0.2, -0.15) is 0 Å². The number of aromatic nitrogens is 3. The highest BCUT2D eigenvalue weighted by Crippen LogP contribution is 2.32. The van der Waals surface area contributed by atoms with Crippen molar-refractivity contribution in [3.63, 3.8) is 0 Å². The van der Waals surface area contributed by atoms with E-state index in [1.54, 1.807) is 23.0 Å². The van der Waals surface area contributed by atoms with Crippen LogP contribution in [0.25, 0.3) is 0 Å². The van der Waals surface area contributed by atoms with Gasteiger partial charge < -0.3 is 14.6 Å². The number of amides is 1. The maximum absolute atomic E-state index is 12.1. The third-order valence-corrected chi connectivity index (χ3v) is 4.28. The van der Waals surface area contributed by atoms with E-state index in [9.17, 15) is 4.79 Å². The molecule has 0 aromatic carbocycles. The minimum absolute atomic E-state index is 0.107. The summed E-state index contributed by atoms with van der Waals surface area (Å²) < 4.78 is 7.64. The van der Waals surface area contributed by atoms with Crippen LogP contribution in [-0.4, -0.2) is 27.0 Å². The molecule has 3 rings (SSSR count). The predicted molar refractivity (Wildman–Crippen MR) is 85.8 cm³/mol. The van der Waals surface area contributed by atoms with Crippen LogP contribution in [0.1, 0.15) is 48.1 Å². The molecule has 122 valence electrons. The van der Waals surface area contributed by atoms with Crippen LogP contribution in [0.4, 0.5) is 0 Å². The van der Waals surface area contributed by atoms with E-state index < -0.39 is 0 Å². The molecule has 1 atom stereocenters. The van der Waals surface area contributed by atoms with Gasteiger partial charge >= 0.3 is 0 Å². The minimum Gasteiger partial charge on any atom is -0.367 e. The molecule has 1 aliphatic rings. The van der Waals surface area contributed by atoms with Gasteiger partial charge in [0.1, 0.15) is 11.3 Å². The molecule has 0 bridgehead atoms. The highest BCUT2D eigenvalue weighted by atomic mass is 16.5. The van der Waals surface area contributed by atoms with Crippen LogP contribution in [-0.2, 0) is 23.9 Å². The molecular weight excluding hydrogens is 292 g/mol. The van der Waals surface area contributed by atoms with Crippen molar-refractivity contribution in [3.8, 4) is 0 Å². The first kappa shape index (κ1) is 15.7. The van der Waals surface area contributed by atoms with E-state index in [0.29, 0.717) is 12.2 Å². The van der Waals surface area contributed by atoms with Crippen molar-refractivity contribution in [2.45, 2.75) is 38.3 Å². The number of hydrogen-bond donors (Lipinski definition) is 1. The van der Waals surface area contributed by atoms with Crippen molar-refractivity contribution in [2.24, 2.45) is 7.05 Å². The first-order valence-corrected chi connectivity index (χ1v) is 7.93. The van der Waals surface area contributed by atoms with E-state index >= 15 is 0 Å². The Morgan fingerprint density at radius 2 is 2.17 bits per heavy atom. The molecule has 0 radical (unpaired) electrons. The van der Waals surface area contributed by atoms with Crippen LogP contribution in [0, 0.1) is 0 Å². The molecule has 1 N–H and O–H groups in total. The van der Waals surface area contributed by atoms with Crippen LogP contribution in [0.2, 0.25) is 0 Å². The fourth-order valence-electron chi connectivity index (χ4n) is 2.80. The van der Waals surface area contributed by atoms with Gasteiger partial charge in [-0.25, -0.2) is 9.97 Å². The van der Waals surface area contributed by atoms with Crippen LogP contribution in [0.3, 0.4) is 0 Å². The zero-order valence-corrected chi connectivity index (χ0v) is 13.6. The van der Waals surface area contributed by atoms with Gasteiger partial charge in [-0.15, -0.1) is 0 Å². The van der Waals surface area contributed by atoms with E-state index in [1.807, 2.05) is 26.2 Å². The average molecular weight is 314 g/mol. The summed E-state index contributed by atoms with van der Waals surface area (Å²) in [6, 6.07) is 3.63. The Bertz CT molecular complexity index is 672. The summed E-state index contributed by atoms with van der Waals surface area (Å²) in [7, 11) is 1.84. The van der Waals surface area contributed by atoms with Crippen molar-refractivity contribution in [1.82, 2.24) is 19.9 Å². The first-order valence-electron chi connectivity index (χ1n) is 7.93. The van der Waals surface area contributed by atoms with Gasteiger partial charge in [-0.3, -0.25) is 4.79 Å². The summed E-state index contributed by atoms with van der Waals surface area (Å²) in [6.07, 6.45) is 8.54. The molecule has 6 nitrogen and oxygen atoms in total. The Morgan fingerprint density at radius 3 is 2.78 bits per heavy atom. The van der Waals surface area contributed by atoms with Gasteiger partial charge in [0.25, 0.3) is 5.91 Å². The molecule has 1 aliphatic heterocycles. The summed E-state index contributed by atoms with van der Waals surface area (Å²) in [5.74, 6) is 0.610. The summed E-state index contributed by atoms with van der Waals surface area (Å²) in [4.78, 5) is 21.0.